The van der Waals surface area contributed by atoms with Gasteiger partial charge in [-0.05, 0) is 22.0 Å². The van der Waals surface area contributed by atoms with E-state index < -0.39 is 21.9 Å². The first-order valence-electron chi connectivity index (χ1n) is 6.26. The lowest BCUT2D eigenvalue weighted by Gasteiger charge is -2.18. The monoisotopic (exact) mass is 391 g/mol. The standard InChI is InChI=1S/C12H14BrN3O5S/c1-21-12(18)9-3-8(13)4-15-11(9)16-5-7(2-10(16)17)6-22(14,19)20/h3-4,7H,2,5-6H2,1H3,(H2,14,19,20). The minimum Gasteiger partial charge on any atom is -0.465 e. The fourth-order valence-corrected chi connectivity index (χ4v) is 3.55. The van der Waals surface area contributed by atoms with E-state index in [9.17, 15) is 18.0 Å². The summed E-state index contributed by atoms with van der Waals surface area (Å²) < 4.78 is 27.6. The Morgan fingerprint density at radius 3 is 2.86 bits per heavy atom. The van der Waals surface area contributed by atoms with Gasteiger partial charge in [0, 0.05) is 29.6 Å². The molecule has 0 aliphatic carbocycles. The second-order valence-electron chi connectivity index (χ2n) is 4.92. The second kappa shape index (κ2) is 6.31. The summed E-state index contributed by atoms with van der Waals surface area (Å²) in [5.74, 6) is -1.52. The fraction of sp³-hybridized carbons (Fsp3) is 0.417. The second-order valence-corrected chi connectivity index (χ2v) is 7.50. The highest BCUT2D eigenvalue weighted by Crippen LogP contribution is 2.29. The molecule has 0 radical (unpaired) electrons. The van der Waals surface area contributed by atoms with Crippen LogP contribution in [-0.4, -0.2) is 44.7 Å². The lowest BCUT2D eigenvalue weighted by atomic mass is 10.1. The van der Waals surface area contributed by atoms with Gasteiger partial charge in [-0.15, -0.1) is 0 Å². The van der Waals surface area contributed by atoms with Crippen LogP contribution in [0.5, 0.6) is 0 Å². The maximum Gasteiger partial charge on any atom is 0.341 e. The van der Waals surface area contributed by atoms with Crippen molar-refractivity contribution in [2.24, 2.45) is 11.1 Å². The molecule has 2 heterocycles. The molecule has 1 fully saturated rings. The van der Waals surface area contributed by atoms with Gasteiger partial charge < -0.3 is 4.74 Å². The van der Waals surface area contributed by atoms with Gasteiger partial charge in [-0.1, -0.05) is 0 Å². The average molecular weight is 392 g/mol. The molecule has 1 amide bonds. The number of esters is 1. The molecule has 22 heavy (non-hydrogen) atoms. The molecule has 1 aromatic heterocycles. The van der Waals surface area contributed by atoms with Crippen LogP contribution in [0.2, 0.25) is 0 Å². The Hall–Kier alpha value is -1.52. The zero-order chi connectivity index (χ0) is 16.5. The predicted octanol–water partition coefficient (Wildman–Crippen LogP) is 0.272. The molecule has 1 aliphatic heterocycles. The summed E-state index contributed by atoms with van der Waals surface area (Å²) in [5.41, 5.74) is 0.126. The molecule has 10 heteroatoms. The highest BCUT2D eigenvalue weighted by Gasteiger charge is 2.35. The Labute approximate surface area is 135 Å². The third kappa shape index (κ3) is 3.81. The van der Waals surface area contributed by atoms with Gasteiger partial charge in [-0.25, -0.2) is 23.3 Å². The molecule has 8 nitrogen and oxygen atoms in total. The van der Waals surface area contributed by atoms with Crippen molar-refractivity contribution in [3.8, 4) is 0 Å². The van der Waals surface area contributed by atoms with Gasteiger partial charge in [0.1, 0.15) is 11.4 Å². The first-order valence-corrected chi connectivity index (χ1v) is 8.77. The number of rotatable bonds is 4. The number of ether oxygens (including phenoxy) is 1. The van der Waals surface area contributed by atoms with Gasteiger partial charge in [0.25, 0.3) is 0 Å². The van der Waals surface area contributed by atoms with Gasteiger partial charge in [-0.2, -0.15) is 0 Å². The number of pyridine rings is 1. The maximum absolute atomic E-state index is 12.1. The van der Waals surface area contributed by atoms with Gasteiger partial charge in [-0.3, -0.25) is 9.69 Å². The van der Waals surface area contributed by atoms with E-state index in [0.717, 1.165) is 0 Å². The van der Waals surface area contributed by atoms with E-state index in [1.165, 1.54) is 24.3 Å². The summed E-state index contributed by atoms with van der Waals surface area (Å²) in [6.45, 7) is 0.133. The molecule has 1 unspecified atom stereocenters. The number of amides is 1. The van der Waals surface area contributed by atoms with E-state index in [1.807, 2.05) is 0 Å². The SMILES string of the molecule is COC(=O)c1cc(Br)cnc1N1CC(CS(N)(=O)=O)CC1=O. The van der Waals surface area contributed by atoms with Crippen molar-refractivity contribution in [1.29, 1.82) is 0 Å². The summed E-state index contributed by atoms with van der Waals surface area (Å²) >= 11 is 3.20. The lowest BCUT2D eigenvalue weighted by Crippen LogP contribution is -2.29. The molecule has 0 spiro atoms. The van der Waals surface area contributed by atoms with Crippen LogP contribution in [0.25, 0.3) is 0 Å². The number of hydrogen-bond acceptors (Lipinski definition) is 6. The van der Waals surface area contributed by atoms with Crippen LogP contribution in [-0.2, 0) is 19.6 Å². The van der Waals surface area contributed by atoms with Crippen molar-refractivity contribution in [3.63, 3.8) is 0 Å². The van der Waals surface area contributed by atoms with Crippen LogP contribution >= 0.6 is 15.9 Å². The van der Waals surface area contributed by atoms with Crippen molar-refractivity contribution < 1.29 is 22.7 Å². The highest BCUT2D eigenvalue weighted by atomic mass is 79.9. The number of aromatic nitrogens is 1. The molecule has 1 aromatic rings. The maximum atomic E-state index is 12.1. The minimum absolute atomic E-state index is 0.0365. The molecule has 0 aromatic carbocycles. The predicted molar refractivity (Wildman–Crippen MR) is 81.7 cm³/mol. The summed E-state index contributed by atoms with van der Waals surface area (Å²) in [7, 11) is -2.45. The van der Waals surface area contributed by atoms with E-state index in [2.05, 4.69) is 25.7 Å². The van der Waals surface area contributed by atoms with E-state index in [0.29, 0.717) is 4.47 Å². The van der Waals surface area contributed by atoms with Crippen LogP contribution in [0, 0.1) is 5.92 Å². The topological polar surface area (TPSA) is 120 Å². The molecule has 2 rings (SSSR count). The van der Waals surface area contributed by atoms with E-state index in [4.69, 9.17) is 5.14 Å². The molecule has 1 atom stereocenters. The van der Waals surface area contributed by atoms with Crippen LogP contribution < -0.4 is 10.0 Å². The van der Waals surface area contributed by atoms with Crippen molar-refractivity contribution in [2.75, 3.05) is 24.3 Å². The number of anilines is 1. The first kappa shape index (κ1) is 16.8. The molecule has 120 valence electrons. The first-order chi connectivity index (χ1) is 10.2. The quantitative estimate of drug-likeness (QED) is 0.735. The largest absolute Gasteiger partial charge is 0.465 e. The molecule has 0 bridgehead atoms. The molecule has 1 aliphatic rings. The zero-order valence-electron chi connectivity index (χ0n) is 11.7. The Morgan fingerprint density at radius 1 is 1.59 bits per heavy atom. The molecule has 0 saturated carbocycles. The normalized spacial score (nSPS) is 18.6. The van der Waals surface area contributed by atoms with Gasteiger partial charge in [0.2, 0.25) is 15.9 Å². The van der Waals surface area contributed by atoms with E-state index in [1.54, 1.807) is 0 Å². The van der Waals surface area contributed by atoms with Gasteiger partial charge in [0.15, 0.2) is 0 Å². The Morgan fingerprint density at radius 2 is 2.27 bits per heavy atom. The Kier molecular flexibility index (Phi) is 4.83. The molecular formula is C12H14BrN3O5S. The van der Waals surface area contributed by atoms with Gasteiger partial charge in [0.05, 0.1) is 12.9 Å². The zero-order valence-corrected chi connectivity index (χ0v) is 14.1. The van der Waals surface area contributed by atoms with Crippen LogP contribution in [0.15, 0.2) is 16.7 Å². The number of nitrogens with two attached hydrogens (primary N) is 1. The minimum atomic E-state index is -3.67. The summed E-state index contributed by atoms with van der Waals surface area (Å²) in [6.07, 6.45) is 1.48. The van der Waals surface area contributed by atoms with Crippen LogP contribution in [0.4, 0.5) is 5.82 Å². The third-order valence-corrected chi connectivity index (χ3v) is 4.54. The smallest absolute Gasteiger partial charge is 0.341 e. The van der Waals surface area contributed by atoms with Crippen molar-refractivity contribution in [1.82, 2.24) is 4.98 Å². The third-order valence-electron chi connectivity index (χ3n) is 3.17. The highest BCUT2D eigenvalue weighted by molar-refractivity contribution is 9.10. The van der Waals surface area contributed by atoms with Crippen LogP contribution in [0.3, 0.4) is 0 Å². The average Bonchev–Trinajstić information content (AvgIpc) is 2.76. The van der Waals surface area contributed by atoms with Crippen molar-refractivity contribution in [2.45, 2.75) is 6.42 Å². The van der Waals surface area contributed by atoms with Crippen molar-refractivity contribution in [3.05, 3.63) is 22.3 Å². The number of methoxy groups -OCH3 is 1. The number of carbonyl (C=O) groups is 2. The van der Waals surface area contributed by atoms with Crippen LogP contribution in [0.1, 0.15) is 16.8 Å². The molecule has 1 saturated heterocycles. The number of nitrogens with zero attached hydrogens (tertiary/aromatic N) is 2. The number of carbonyl (C=O) groups excluding carboxylic acids is 2. The lowest BCUT2D eigenvalue weighted by molar-refractivity contribution is -0.117. The number of sulfonamides is 1. The van der Waals surface area contributed by atoms with E-state index >= 15 is 0 Å². The molecular weight excluding hydrogens is 378 g/mol. The summed E-state index contributed by atoms with van der Waals surface area (Å²) in [5, 5.41) is 5.01. The van der Waals surface area contributed by atoms with Gasteiger partial charge >= 0.3 is 5.97 Å². The fourth-order valence-electron chi connectivity index (χ4n) is 2.33. The number of primary sulfonamides is 1. The summed E-state index contributed by atoms with van der Waals surface area (Å²) in [6, 6.07) is 1.49. The summed E-state index contributed by atoms with van der Waals surface area (Å²) in [4.78, 5) is 29.3. The van der Waals surface area contributed by atoms with E-state index in [-0.39, 0.29) is 36.0 Å². The Bertz CT molecular complexity index is 721. The Balaban J connectivity index is 2.32. The number of hydrogen-bond donors (Lipinski definition) is 1. The van der Waals surface area contributed by atoms with Crippen molar-refractivity contribution >= 4 is 43.6 Å². The number of halogens is 1. The molecule has 2 N–H and O–H groups in total.